The van der Waals surface area contributed by atoms with Crippen molar-refractivity contribution in [3.05, 3.63) is 42.5 Å². The third-order valence-electron chi connectivity index (χ3n) is 2.46. The number of methoxy groups -OCH3 is 2. The molecule has 0 bridgehead atoms. The fraction of sp³-hybridized carbons (Fsp3) is 0.143. The van der Waals surface area contributed by atoms with Crippen LogP contribution in [0.1, 0.15) is 0 Å². The van der Waals surface area contributed by atoms with Crippen molar-refractivity contribution in [2.24, 2.45) is 0 Å². The first-order valence-corrected chi connectivity index (χ1v) is 5.49. The highest BCUT2D eigenvalue weighted by molar-refractivity contribution is 5.54. The van der Waals surface area contributed by atoms with Gasteiger partial charge in [0.05, 0.1) is 14.2 Å². The van der Waals surface area contributed by atoms with Crippen molar-refractivity contribution < 1.29 is 14.2 Å². The van der Waals surface area contributed by atoms with Crippen molar-refractivity contribution >= 4 is 5.69 Å². The summed E-state index contributed by atoms with van der Waals surface area (Å²) >= 11 is 0. The van der Waals surface area contributed by atoms with E-state index in [1.807, 2.05) is 30.3 Å². The lowest BCUT2D eigenvalue weighted by Gasteiger charge is -2.13. The van der Waals surface area contributed by atoms with Crippen LogP contribution < -0.4 is 19.9 Å². The highest BCUT2D eigenvalue weighted by atomic mass is 16.5. The van der Waals surface area contributed by atoms with Gasteiger partial charge in [0.1, 0.15) is 5.75 Å². The second kappa shape index (κ2) is 5.31. The van der Waals surface area contributed by atoms with Crippen LogP contribution >= 0.6 is 0 Å². The molecule has 2 rings (SSSR count). The average Bonchev–Trinajstić information content (AvgIpc) is 2.39. The highest BCUT2D eigenvalue weighted by Gasteiger charge is 2.12. The summed E-state index contributed by atoms with van der Waals surface area (Å²) in [7, 11) is 3.17. The zero-order valence-corrected chi connectivity index (χ0v) is 10.3. The van der Waals surface area contributed by atoms with Crippen molar-refractivity contribution in [2.75, 3.05) is 20.0 Å². The molecule has 2 aromatic carbocycles. The molecule has 94 valence electrons. The van der Waals surface area contributed by atoms with E-state index < -0.39 is 0 Å². The summed E-state index contributed by atoms with van der Waals surface area (Å²) in [5.74, 6) is 2.39. The number of hydrogen-bond donors (Lipinski definition) is 1. The van der Waals surface area contributed by atoms with Crippen LogP contribution in [0.2, 0.25) is 0 Å². The summed E-state index contributed by atoms with van der Waals surface area (Å²) in [4.78, 5) is 0. The number of nitrogen functional groups attached to an aromatic ring is 1. The molecule has 0 saturated carbocycles. The molecule has 4 nitrogen and oxygen atoms in total. The van der Waals surface area contributed by atoms with E-state index in [1.165, 1.54) is 0 Å². The van der Waals surface area contributed by atoms with Crippen LogP contribution in [0.4, 0.5) is 5.69 Å². The molecule has 0 radical (unpaired) electrons. The lowest BCUT2D eigenvalue weighted by atomic mass is 10.2. The molecule has 0 fully saturated rings. The third-order valence-corrected chi connectivity index (χ3v) is 2.46. The molecule has 0 amide bonds. The average molecular weight is 245 g/mol. The standard InChI is InChI=1S/C14H15NO3/c1-16-12-7-4-8-13(17-2)14(12)18-11-6-3-5-10(15)9-11/h3-9H,15H2,1-2H3. The van der Waals surface area contributed by atoms with Crippen molar-refractivity contribution in [1.82, 2.24) is 0 Å². The molecule has 0 atom stereocenters. The Balaban J connectivity index is 2.38. The molecular formula is C14H15NO3. The molecule has 4 heteroatoms. The monoisotopic (exact) mass is 245 g/mol. The van der Waals surface area contributed by atoms with Gasteiger partial charge in [-0.2, -0.15) is 0 Å². The van der Waals surface area contributed by atoms with E-state index in [1.54, 1.807) is 26.4 Å². The quantitative estimate of drug-likeness (QED) is 0.841. The minimum atomic E-state index is 0.535. The number of ether oxygens (including phenoxy) is 3. The maximum atomic E-state index is 5.77. The molecule has 0 unspecified atom stereocenters. The Morgan fingerprint density at radius 1 is 0.889 bits per heavy atom. The number of benzene rings is 2. The Morgan fingerprint density at radius 3 is 2.06 bits per heavy atom. The minimum Gasteiger partial charge on any atom is -0.493 e. The second-order valence-electron chi connectivity index (χ2n) is 3.67. The highest BCUT2D eigenvalue weighted by Crippen LogP contribution is 2.40. The van der Waals surface area contributed by atoms with Crippen molar-refractivity contribution in [3.63, 3.8) is 0 Å². The Kier molecular flexibility index (Phi) is 3.57. The number of para-hydroxylation sites is 1. The van der Waals surface area contributed by atoms with E-state index in [2.05, 4.69) is 0 Å². The van der Waals surface area contributed by atoms with Gasteiger partial charge in [-0.05, 0) is 24.3 Å². The molecule has 2 N–H and O–H groups in total. The fourth-order valence-corrected chi connectivity index (χ4v) is 1.61. The molecule has 0 aromatic heterocycles. The Hall–Kier alpha value is -2.36. The van der Waals surface area contributed by atoms with Gasteiger partial charge in [-0.25, -0.2) is 0 Å². The molecule has 0 heterocycles. The Bertz CT molecular complexity index is 518. The van der Waals surface area contributed by atoms with E-state index in [4.69, 9.17) is 19.9 Å². The van der Waals surface area contributed by atoms with Crippen LogP contribution in [-0.4, -0.2) is 14.2 Å². The van der Waals surface area contributed by atoms with Gasteiger partial charge in [0.25, 0.3) is 0 Å². The van der Waals surface area contributed by atoms with Crippen molar-refractivity contribution in [3.8, 4) is 23.0 Å². The van der Waals surface area contributed by atoms with E-state index in [9.17, 15) is 0 Å². The number of rotatable bonds is 4. The van der Waals surface area contributed by atoms with Crippen LogP contribution in [0.25, 0.3) is 0 Å². The summed E-state index contributed by atoms with van der Waals surface area (Å²) in [5, 5.41) is 0. The van der Waals surface area contributed by atoms with Crippen molar-refractivity contribution in [2.45, 2.75) is 0 Å². The zero-order valence-electron chi connectivity index (χ0n) is 10.3. The van der Waals surface area contributed by atoms with Crippen molar-refractivity contribution in [1.29, 1.82) is 0 Å². The molecule has 0 saturated heterocycles. The van der Waals surface area contributed by atoms with Gasteiger partial charge >= 0.3 is 0 Å². The first-order valence-electron chi connectivity index (χ1n) is 5.49. The van der Waals surface area contributed by atoms with Crippen LogP contribution in [0.3, 0.4) is 0 Å². The summed E-state index contributed by atoms with van der Waals surface area (Å²) in [6, 6.07) is 12.6. The van der Waals surface area contributed by atoms with Crippen LogP contribution in [0.15, 0.2) is 42.5 Å². The molecule has 18 heavy (non-hydrogen) atoms. The lowest BCUT2D eigenvalue weighted by molar-refractivity contribution is 0.346. The zero-order chi connectivity index (χ0) is 13.0. The van der Waals surface area contributed by atoms with Gasteiger partial charge < -0.3 is 19.9 Å². The Labute approximate surface area is 106 Å². The van der Waals surface area contributed by atoms with Crippen LogP contribution in [0.5, 0.6) is 23.0 Å². The first kappa shape index (κ1) is 12.1. The SMILES string of the molecule is COc1cccc(OC)c1Oc1cccc(N)c1. The predicted molar refractivity (Wildman–Crippen MR) is 70.5 cm³/mol. The smallest absolute Gasteiger partial charge is 0.210 e. The summed E-state index contributed by atoms with van der Waals surface area (Å²) in [5.41, 5.74) is 6.35. The fourth-order valence-electron chi connectivity index (χ4n) is 1.61. The summed E-state index contributed by atoms with van der Waals surface area (Å²) < 4.78 is 16.3. The van der Waals surface area contributed by atoms with Crippen LogP contribution in [0, 0.1) is 0 Å². The van der Waals surface area contributed by atoms with E-state index in [0.29, 0.717) is 28.7 Å². The van der Waals surface area contributed by atoms with Gasteiger partial charge in [-0.15, -0.1) is 0 Å². The molecule has 2 aromatic rings. The van der Waals surface area contributed by atoms with E-state index >= 15 is 0 Å². The molecule has 0 aliphatic heterocycles. The molecular weight excluding hydrogens is 230 g/mol. The second-order valence-corrected chi connectivity index (χ2v) is 3.67. The van der Waals surface area contributed by atoms with E-state index in [0.717, 1.165) is 0 Å². The molecule has 0 spiro atoms. The topological polar surface area (TPSA) is 53.7 Å². The van der Waals surface area contributed by atoms with Gasteiger partial charge in [0.15, 0.2) is 11.5 Å². The number of nitrogens with two attached hydrogens (primary N) is 1. The number of anilines is 1. The summed E-state index contributed by atoms with van der Waals surface area (Å²) in [6.45, 7) is 0. The summed E-state index contributed by atoms with van der Waals surface area (Å²) in [6.07, 6.45) is 0. The van der Waals surface area contributed by atoms with Gasteiger partial charge in [-0.3, -0.25) is 0 Å². The normalized spacial score (nSPS) is 9.89. The maximum absolute atomic E-state index is 5.77. The minimum absolute atomic E-state index is 0.535. The number of hydrogen-bond acceptors (Lipinski definition) is 4. The van der Waals surface area contributed by atoms with Gasteiger partial charge in [-0.1, -0.05) is 12.1 Å². The lowest BCUT2D eigenvalue weighted by Crippen LogP contribution is -1.94. The first-order chi connectivity index (χ1) is 8.74. The predicted octanol–water partition coefficient (Wildman–Crippen LogP) is 3.08. The van der Waals surface area contributed by atoms with E-state index in [-0.39, 0.29) is 0 Å². The van der Waals surface area contributed by atoms with Gasteiger partial charge in [0.2, 0.25) is 5.75 Å². The third kappa shape index (κ3) is 2.48. The van der Waals surface area contributed by atoms with Crippen LogP contribution in [-0.2, 0) is 0 Å². The Morgan fingerprint density at radius 2 is 1.50 bits per heavy atom. The molecule has 0 aliphatic rings. The molecule has 0 aliphatic carbocycles. The maximum Gasteiger partial charge on any atom is 0.210 e. The largest absolute Gasteiger partial charge is 0.493 e. The van der Waals surface area contributed by atoms with Gasteiger partial charge in [0, 0.05) is 11.8 Å².